The van der Waals surface area contributed by atoms with Crippen molar-refractivity contribution < 1.29 is 0 Å². The van der Waals surface area contributed by atoms with E-state index in [2.05, 4.69) is 81.3 Å². The molecule has 28 heavy (non-hydrogen) atoms. The van der Waals surface area contributed by atoms with E-state index >= 15 is 0 Å². The van der Waals surface area contributed by atoms with Crippen LogP contribution in [0.2, 0.25) is 0 Å². The summed E-state index contributed by atoms with van der Waals surface area (Å²) >= 11 is 1.59. The summed E-state index contributed by atoms with van der Waals surface area (Å²) in [6.07, 6.45) is 1.89. The van der Waals surface area contributed by atoms with Gasteiger partial charge in [-0.1, -0.05) is 72.8 Å². The quantitative estimate of drug-likeness (QED) is 0.234. The molecule has 0 atom stereocenters. The Bertz CT molecular complexity index is 1210. The van der Waals surface area contributed by atoms with Crippen molar-refractivity contribution in [3.63, 3.8) is 0 Å². The van der Waals surface area contributed by atoms with E-state index in [1.54, 1.807) is 11.3 Å². The molecular weight excluding hydrogens is 362 g/mol. The minimum absolute atomic E-state index is 0.692. The normalized spacial score (nSPS) is 12.5. The fourth-order valence-electron chi connectivity index (χ4n) is 3.14. The van der Waals surface area contributed by atoms with E-state index in [-0.39, 0.29) is 0 Å². The molecule has 138 valence electrons. The minimum Gasteiger partial charge on any atom is -0.311 e. The SMILES string of the molecule is C=CCn1c(-c2ccccc2)cs/c1=N/N=C(\C)c1ccc2ccccc2c1. The van der Waals surface area contributed by atoms with Crippen LogP contribution >= 0.6 is 11.3 Å². The second-order valence-corrected chi connectivity index (χ2v) is 7.35. The van der Waals surface area contributed by atoms with Crippen LogP contribution in [0.15, 0.2) is 101 Å². The van der Waals surface area contributed by atoms with Crippen LogP contribution in [0.1, 0.15) is 12.5 Å². The molecule has 1 heterocycles. The number of rotatable bonds is 5. The first-order chi connectivity index (χ1) is 13.8. The zero-order chi connectivity index (χ0) is 19.3. The van der Waals surface area contributed by atoms with E-state index in [1.807, 2.05) is 31.2 Å². The van der Waals surface area contributed by atoms with Crippen molar-refractivity contribution in [3.05, 3.63) is 101 Å². The predicted octanol–water partition coefficient (Wildman–Crippen LogP) is 5.88. The minimum atomic E-state index is 0.692. The Labute approximate surface area is 168 Å². The number of fused-ring (bicyclic) bond motifs is 1. The Morgan fingerprint density at radius 2 is 1.75 bits per heavy atom. The lowest BCUT2D eigenvalue weighted by Gasteiger charge is -2.06. The van der Waals surface area contributed by atoms with Crippen molar-refractivity contribution in [1.29, 1.82) is 0 Å². The first-order valence-electron chi connectivity index (χ1n) is 9.18. The molecule has 4 heteroatoms. The van der Waals surface area contributed by atoms with Crippen molar-refractivity contribution in [3.8, 4) is 11.3 Å². The molecule has 1 aromatic heterocycles. The summed E-state index contributed by atoms with van der Waals surface area (Å²) in [5, 5.41) is 13.6. The fourth-order valence-corrected chi connectivity index (χ4v) is 4.01. The standard InChI is InChI=1S/C24H21N3S/c1-3-15-27-23(20-10-5-4-6-11-20)17-28-24(27)26-25-18(2)21-14-13-19-9-7-8-12-22(19)16-21/h3-14,16-17H,1,15H2,2H3/b25-18+,26-24+. The zero-order valence-corrected chi connectivity index (χ0v) is 16.6. The van der Waals surface area contributed by atoms with Crippen LogP contribution in [-0.2, 0) is 6.54 Å². The Morgan fingerprint density at radius 3 is 2.54 bits per heavy atom. The maximum Gasteiger partial charge on any atom is 0.211 e. The van der Waals surface area contributed by atoms with E-state index in [0.29, 0.717) is 6.54 Å². The van der Waals surface area contributed by atoms with Gasteiger partial charge in [0.25, 0.3) is 0 Å². The Kier molecular flexibility index (Phi) is 5.31. The molecule has 0 N–H and O–H groups in total. The van der Waals surface area contributed by atoms with Crippen LogP contribution in [0.25, 0.3) is 22.0 Å². The summed E-state index contributed by atoms with van der Waals surface area (Å²) < 4.78 is 2.14. The number of thiazole rings is 1. The van der Waals surface area contributed by atoms with E-state index in [0.717, 1.165) is 27.3 Å². The highest BCUT2D eigenvalue weighted by Gasteiger charge is 2.06. The van der Waals surface area contributed by atoms with Crippen LogP contribution < -0.4 is 4.80 Å². The van der Waals surface area contributed by atoms with Crippen LogP contribution in [-0.4, -0.2) is 10.3 Å². The van der Waals surface area contributed by atoms with Gasteiger partial charge in [-0.2, -0.15) is 5.10 Å². The van der Waals surface area contributed by atoms with Crippen LogP contribution in [0.3, 0.4) is 0 Å². The molecule has 0 saturated heterocycles. The summed E-state index contributed by atoms with van der Waals surface area (Å²) in [7, 11) is 0. The fraction of sp³-hybridized carbons (Fsp3) is 0.0833. The molecule has 0 aliphatic rings. The van der Waals surface area contributed by atoms with Crippen molar-refractivity contribution in [2.45, 2.75) is 13.5 Å². The number of nitrogens with zero attached hydrogens (tertiary/aromatic N) is 3. The number of aromatic nitrogens is 1. The maximum atomic E-state index is 4.55. The highest BCUT2D eigenvalue weighted by Crippen LogP contribution is 2.20. The highest BCUT2D eigenvalue weighted by atomic mass is 32.1. The lowest BCUT2D eigenvalue weighted by Crippen LogP contribution is -2.15. The van der Waals surface area contributed by atoms with Crippen LogP contribution in [0, 0.1) is 0 Å². The van der Waals surface area contributed by atoms with E-state index in [9.17, 15) is 0 Å². The van der Waals surface area contributed by atoms with Gasteiger partial charge in [0, 0.05) is 11.9 Å². The Balaban J connectivity index is 1.73. The van der Waals surface area contributed by atoms with E-state index in [4.69, 9.17) is 0 Å². The van der Waals surface area contributed by atoms with Crippen LogP contribution in [0.5, 0.6) is 0 Å². The molecule has 0 spiro atoms. The summed E-state index contributed by atoms with van der Waals surface area (Å²) in [6.45, 7) is 6.58. The first kappa shape index (κ1) is 18.1. The molecule has 0 radical (unpaired) electrons. The zero-order valence-electron chi connectivity index (χ0n) is 15.7. The molecule has 0 saturated carbocycles. The van der Waals surface area contributed by atoms with Gasteiger partial charge in [-0.05, 0) is 34.9 Å². The molecule has 0 aliphatic carbocycles. The second kappa shape index (κ2) is 8.19. The third-order valence-electron chi connectivity index (χ3n) is 4.63. The number of benzene rings is 3. The highest BCUT2D eigenvalue weighted by molar-refractivity contribution is 7.07. The molecule has 0 unspecified atom stereocenters. The van der Waals surface area contributed by atoms with E-state index in [1.165, 1.54) is 10.8 Å². The molecule has 4 rings (SSSR count). The molecule has 3 aromatic carbocycles. The molecule has 0 aliphatic heterocycles. The monoisotopic (exact) mass is 383 g/mol. The number of allylic oxidation sites excluding steroid dienone is 1. The van der Waals surface area contributed by atoms with Crippen molar-refractivity contribution in [1.82, 2.24) is 4.57 Å². The average molecular weight is 384 g/mol. The Morgan fingerprint density at radius 1 is 1.00 bits per heavy atom. The average Bonchev–Trinajstić information content (AvgIpc) is 3.15. The van der Waals surface area contributed by atoms with Gasteiger partial charge in [0.05, 0.1) is 11.4 Å². The molecule has 0 bridgehead atoms. The number of hydrogen-bond acceptors (Lipinski definition) is 3. The third-order valence-corrected chi connectivity index (χ3v) is 5.49. The lowest BCUT2D eigenvalue weighted by molar-refractivity contribution is 0.788. The van der Waals surface area contributed by atoms with Gasteiger partial charge in [0.2, 0.25) is 4.80 Å². The maximum absolute atomic E-state index is 4.55. The Hall–Kier alpha value is -3.24. The molecule has 4 aromatic rings. The smallest absolute Gasteiger partial charge is 0.211 e. The van der Waals surface area contributed by atoms with Crippen molar-refractivity contribution in [2.75, 3.05) is 0 Å². The van der Waals surface area contributed by atoms with Gasteiger partial charge >= 0.3 is 0 Å². The van der Waals surface area contributed by atoms with Gasteiger partial charge in [-0.3, -0.25) is 0 Å². The third kappa shape index (κ3) is 3.73. The van der Waals surface area contributed by atoms with Gasteiger partial charge in [-0.15, -0.1) is 23.0 Å². The van der Waals surface area contributed by atoms with Gasteiger partial charge in [0.15, 0.2) is 0 Å². The van der Waals surface area contributed by atoms with Crippen molar-refractivity contribution >= 4 is 27.8 Å². The lowest BCUT2D eigenvalue weighted by atomic mass is 10.0. The summed E-state index contributed by atoms with van der Waals surface area (Å²) in [5.74, 6) is 0. The molecule has 0 fully saturated rings. The molecule has 3 nitrogen and oxygen atoms in total. The van der Waals surface area contributed by atoms with Crippen LogP contribution in [0.4, 0.5) is 0 Å². The molecule has 0 amide bonds. The number of hydrogen-bond donors (Lipinski definition) is 0. The van der Waals surface area contributed by atoms with Gasteiger partial charge in [-0.25, -0.2) is 0 Å². The van der Waals surface area contributed by atoms with E-state index < -0.39 is 0 Å². The topological polar surface area (TPSA) is 29.6 Å². The largest absolute Gasteiger partial charge is 0.311 e. The summed E-state index contributed by atoms with van der Waals surface area (Å²) in [6, 6.07) is 25.0. The van der Waals surface area contributed by atoms with Crippen molar-refractivity contribution in [2.24, 2.45) is 10.2 Å². The van der Waals surface area contributed by atoms with Gasteiger partial charge < -0.3 is 4.57 Å². The second-order valence-electron chi connectivity index (χ2n) is 6.52. The predicted molar refractivity (Wildman–Crippen MR) is 120 cm³/mol. The molecular formula is C24H21N3S. The van der Waals surface area contributed by atoms with Gasteiger partial charge in [0.1, 0.15) is 0 Å². The summed E-state index contributed by atoms with van der Waals surface area (Å²) in [5.41, 5.74) is 4.27. The first-order valence-corrected chi connectivity index (χ1v) is 10.1. The summed E-state index contributed by atoms with van der Waals surface area (Å²) in [4.78, 5) is 0.860.